The molecule has 0 bridgehead atoms. The van der Waals surface area contributed by atoms with E-state index >= 15 is 0 Å². The van der Waals surface area contributed by atoms with Gasteiger partial charge in [-0.15, -0.1) is 0 Å². The molecule has 0 unspecified atom stereocenters. The van der Waals surface area contributed by atoms with E-state index in [1.165, 1.54) is 18.2 Å². The second-order valence-corrected chi connectivity index (χ2v) is 5.24. The van der Waals surface area contributed by atoms with Gasteiger partial charge in [-0.2, -0.15) is 5.10 Å². The number of anilines is 1. The Bertz CT molecular complexity index is 610. The Morgan fingerprint density at radius 3 is 2.79 bits per heavy atom. The lowest BCUT2D eigenvalue weighted by molar-refractivity contribution is 0.102. The molecule has 0 saturated carbocycles. The minimum atomic E-state index is -0.399. The summed E-state index contributed by atoms with van der Waals surface area (Å²) in [7, 11) is 0. The van der Waals surface area contributed by atoms with Crippen LogP contribution in [-0.2, 0) is 0 Å². The fourth-order valence-electron chi connectivity index (χ4n) is 1.53. The third-order valence-electron chi connectivity index (χ3n) is 2.57. The highest BCUT2D eigenvalue weighted by Crippen LogP contribution is 2.18. The first-order valence-electron chi connectivity index (χ1n) is 5.78. The van der Waals surface area contributed by atoms with Crippen LogP contribution in [0.4, 0.5) is 10.1 Å². The van der Waals surface area contributed by atoms with Crippen molar-refractivity contribution in [3.05, 3.63) is 46.4 Å². The zero-order chi connectivity index (χ0) is 14.0. The van der Waals surface area contributed by atoms with Crippen molar-refractivity contribution in [2.45, 2.75) is 19.9 Å². The highest BCUT2D eigenvalue weighted by molar-refractivity contribution is 9.10. The fourth-order valence-corrected chi connectivity index (χ4v) is 1.90. The van der Waals surface area contributed by atoms with Gasteiger partial charge >= 0.3 is 0 Å². The van der Waals surface area contributed by atoms with Crippen LogP contribution in [0.15, 0.2) is 35.1 Å². The van der Waals surface area contributed by atoms with Gasteiger partial charge in [0.05, 0.1) is 16.4 Å². The lowest BCUT2D eigenvalue weighted by Gasteiger charge is -2.05. The van der Waals surface area contributed by atoms with E-state index in [1.807, 2.05) is 13.8 Å². The molecule has 1 heterocycles. The van der Waals surface area contributed by atoms with Crippen LogP contribution < -0.4 is 5.32 Å². The summed E-state index contributed by atoms with van der Waals surface area (Å²) < 4.78 is 15.1. The number of nitrogens with zero attached hydrogens (tertiary/aromatic N) is 2. The Labute approximate surface area is 118 Å². The number of hydrogen-bond donors (Lipinski definition) is 1. The number of aromatic nitrogens is 2. The van der Waals surface area contributed by atoms with Crippen molar-refractivity contribution in [1.29, 1.82) is 0 Å². The summed E-state index contributed by atoms with van der Waals surface area (Å²) in [5.41, 5.74) is 0.990. The molecule has 4 nitrogen and oxygen atoms in total. The smallest absolute Gasteiger partial charge is 0.255 e. The Morgan fingerprint density at radius 2 is 2.21 bits per heavy atom. The first-order chi connectivity index (χ1) is 8.97. The van der Waals surface area contributed by atoms with Crippen molar-refractivity contribution in [2.24, 2.45) is 0 Å². The van der Waals surface area contributed by atoms with Gasteiger partial charge in [-0.05, 0) is 48.0 Å². The number of halogens is 2. The lowest BCUT2D eigenvalue weighted by Crippen LogP contribution is -2.11. The van der Waals surface area contributed by atoms with E-state index in [4.69, 9.17) is 0 Å². The molecule has 0 radical (unpaired) electrons. The summed E-state index contributed by atoms with van der Waals surface area (Å²) in [5.74, 6) is -0.701. The maximum Gasteiger partial charge on any atom is 0.255 e. The molecular formula is C13H13BrFN3O. The molecule has 1 aromatic heterocycles. The topological polar surface area (TPSA) is 46.9 Å². The monoisotopic (exact) mass is 325 g/mol. The standard InChI is InChI=1S/C13H13BrFN3O/c1-8(2)18-7-10(6-16-18)17-13(19)9-3-4-12(15)11(14)5-9/h3-8H,1-2H3,(H,17,19). The molecule has 100 valence electrons. The first kappa shape index (κ1) is 13.7. The van der Waals surface area contributed by atoms with Crippen molar-refractivity contribution >= 4 is 27.5 Å². The fraction of sp³-hybridized carbons (Fsp3) is 0.231. The summed E-state index contributed by atoms with van der Waals surface area (Å²) in [5, 5.41) is 6.84. The van der Waals surface area contributed by atoms with Crippen molar-refractivity contribution < 1.29 is 9.18 Å². The van der Waals surface area contributed by atoms with Crippen LogP contribution in [0.5, 0.6) is 0 Å². The van der Waals surface area contributed by atoms with E-state index in [1.54, 1.807) is 17.1 Å². The molecule has 0 spiro atoms. The molecule has 0 aliphatic rings. The molecule has 0 aliphatic carbocycles. The third kappa shape index (κ3) is 3.20. The van der Waals surface area contributed by atoms with Gasteiger partial charge in [-0.3, -0.25) is 9.48 Å². The summed E-state index contributed by atoms with van der Waals surface area (Å²) >= 11 is 3.05. The number of amides is 1. The van der Waals surface area contributed by atoms with Gasteiger partial charge in [0.25, 0.3) is 5.91 Å². The van der Waals surface area contributed by atoms with Crippen LogP contribution in [0.3, 0.4) is 0 Å². The van der Waals surface area contributed by atoms with Gasteiger partial charge in [0, 0.05) is 17.8 Å². The predicted molar refractivity (Wildman–Crippen MR) is 74.7 cm³/mol. The first-order valence-corrected chi connectivity index (χ1v) is 6.57. The van der Waals surface area contributed by atoms with Crippen LogP contribution >= 0.6 is 15.9 Å². The largest absolute Gasteiger partial charge is 0.319 e. The predicted octanol–water partition coefficient (Wildman–Crippen LogP) is 3.62. The minimum Gasteiger partial charge on any atom is -0.319 e. The minimum absolute atomic E-state index is 0.227. The number of hydrogen-bond acceptors (Lipinski definition) is 2. The maximum atomic E-state index is 13.1. The molecule has 2 rings (SSSR count). The molecule has 0 atom stereocenters. The number of nitrogens with one attached hydrogen (secondary N) is 1. The van der Waals surface area contributed by atoms with Crippen molar-refractivity contribution in [3.8, 4) is 0 Å². The van der Waals surface area contributed by atoms with Crippen molar-refractivity contribution in [2.75, 3.05) is 5.32 Å². The Kier molecular flexibility index (Phi) is 3.99. The number of carbonyl (C=O) groups is 1. The van der Waals surface area contributed by atoms with Gasteiger partial charge in [-0.25, -0.2) is 4.39 Å². The molecule has 0 aliphatic heterocycles. The van der Waals surface area contributed by atoms with E-state index in [-0.39, 0.29) is 16.4 Å². The van der Waals surface area contributed by atoms with Crippen LogP contribution in [0.25, 0.3) is 0 Å². The van der Waals surface area contributed by atoms with Gasteiger partial charge < -0.3 is 5.32 Å². The maximum absolute atomic E-state index is 13.1. The van der Waals surface area contributed by atoms with Crippen LogP contribution in [0.1, 0.15) is 30.2 Å². The number of benzene rings is 1. The van der Waals surface area contributed by atoms with Gasteiger partial charge in [0.1, 0.15) is 5.82 Å². The number of rotatable bonds is 3. The second-order valence-electron chi connectivity index (χ2n) is 4.39. The van der Waals surface area contributed by atoms with Gasteiger partial charge in [0.2, 0.25) is 0 Å². The molecule has 19 heavy (non-hydrogen) atoms. The molecule has 1 amide bonds. The lowest BCUT2D eigenvalue weighted by atomic mass is 10.2. The molecule has 1 aromatic carbocycles. The average molecular weight is 326 g/mol. The molecule has 0 saturated heterocycles. The van der Waals surface area contributed by atoms with Crippen LogP contribution in [0.2, 0.25) is 0 Å². The highest BCUT2D eigenvalue weighted by atomic mass is 79.9. The molecule has 2 aromatic rings. The zero-order valence-corrected chi connectivity index (χ0v) is 12.1. The average Bonchev–Trinajstić information content (AvgIpc) is 2.81. The Balaban J connectivity index is 2.13. The summed E-state index contributed by atoms with van der Waals surface area (Å²) in [6.45, 7) is 3.99. The SMILES string of the molecule is CC(C)n1cc(NC(=O)c2ccc(F)c(Br)c2)cn1. The van der Waals surface area contributed by atoms with Crippen LogP contribution in [-0.4, -0.2) is 15.7 Å². The second kappa shape index (κ2) is 5.52. The molecule has 1 N–H and O–H groups in total. The van der Waals surface area contributed by atoms with Gasteiger partial charge in [-0.1, -0.05) is 0 Å². The molecule has 6 heteroatoms. The summed E-state index contributed by atoms with van der Waals surface area (Å²) in [6.07, 6.45) is 3.33. The van der Waals surface area contributed by atoms with E-state index in [9.17, 15) is 9.18 Å². The van der Waals surface area contributed by atoms with Gasteiger partial charge in [0.15, 0.2) is 0 Å². The van der Waals surface area contributed by atoms with E-state index in [0.717, 1.165) is 0 Å². The zero-order valence-electron chi connectivity index (χ0n) is 10.5. The van der Waals surface area contributed by atoms with E-state index in [0.29, 0.717) is 11.3 Å². The quantitative estimate of drug-likeness (QED) is 0.936. The third-order valence-corrected chi connectivity index (χ3v) is 3.18. The van der Waals surface area contributed by atoms with Crippen molar-refractivity contribution in [3.63, 3.8) is 0 Å². The van der Waals surface area contributed by atoms with E-state index < -0.39 is 5.82 Å². The Morgan fingerprint density at radius 1 is 1.47 bits per heavy atom. The molecule has 0 fully saturated rings. The summed E-state index contributed by atoms with van der Waals surface area (Å²) in [4.78, 5) is 12.0. The summed E-state index contributed by atoms with van der Waals surface area (Å²) in [6, 6.07) is 4.35. The normalized spacial score (nSPS) is 10.8. The van der Waals surface area contributed by atoms with E-state index in [2.05, 4.69) is 26.3 Å². The van der Waals surface area contributed by atoms with Crippen LogP contribution in [0, 0.1) is 5.82 Å². The molecular weight excluding hydrogens is 313 g/mol. The van der Waals surface area contributed by atoms with Crippen molar-refractivity contribution in [1.82, 2.24) is 9.78 Å². The Hall–Kier alpha value is -1.69. The number of carbonyl (C=O) groups excluding carboxylic acids is 1. The highest BCUT2D eigenvalue weighted by Gasteiger charge is 2.10.